The Morgan fingerprint density at radius 3 is 2.10 bits per heavy atom. The minimum Gasteiger partial charge on any atom is -0.493 e. The van der Waals surface area contributed by atoms with Gasteiger partial charge in [-0.2, -0.15) is 5.10 Å². The molecule has 29 heavy (non-hydrogen) atoms. The molecule has 0 amide bonds. The Morgan fingerprint density at radius 2 is 1.55 bits per heavy atom. The normalized spacial score (nSPS) is 19.2. The molecule has 2 aliphatic rings. The third-order valence-corrected chi connectivity index (χ3v) is 6.10. The Kier molecular flexibility index (Phi) is 5.64. The van der Waals surface area contributed by atoms with Crippen molar-refractivity contribution in [2.45, 2.75) is 83.2 Å². The highest BCUT2D eigenvalue weighted by Gasteiger charge is 2.29. The molecule has 0 aromatic carbocycles. The molecule has 0 bridgehead atoms. The lowest BCUT2D eigenvalue weighted by Crippen LogP contribution is -2.43. The molecule has 0 saturated heterocycles. The number of aromatic hydroxyl groups is 1. The van der Waals surface area contributed by atoms with Gasteiger partial charge in [-0.25, -0.2) is 4.79 Å². The van der Waals surface area contributed by atoms with Crippen molar-refractivity contribution in [1.29, 1.82) is 0 Å². The Morgan fingerprint density at radius 1 is 0.966 bits per heavy atom. The van der Waals surface area contributed by atoms with Gasteiger partial charge in [-0.15, -0.1) is 10.2 Å². The first-order chi connectivity index (χ1) is 14.1. The van der Waals surface area contributed by atoms with Gasteiger partial charge in [-0.1, -0.05) is 38.5 Å². The predicted molar refractivity (Wildman–Crippen MR) is 108 cm³/mol. The van der Waals surface area contributed by atoms with Crippen LogP contribution < -0.4 is 11.2 Å². The molecule has 2 aromatic heterocycles. The van der Waals surface area contributed by atoms with Crippen LogP contribution in [0.15, 0.2) is 25.9 Å². The van der Waals surface area contributed by atoms with Crippen LogP contribution in [-0.4, -0.2) is 24.4 Å². The number of rotatable bonds is 4. The SMILES string of the molecule is Cc1cc(/N=N/c2c(O)n(C3CCCCC3)c(=O)n(C3CCCCC3)c2=O)n[nH]1. The molecule has 2 saturated carbocycles. The van der Waals surface area contributed by atoms with E-state index in [1.807, 2.05) is 6.92 Å². The lowest BCUT2D eigenvalue weighted by Gasteiger charge is -2.28. The lowest BCUT2D eigenvalue weighted by molar-refractivity contribution is 0.272. The molecule has 9 nitrogen and oxygen atoms in total. The van der Waals surface area contributed by atoms with Crippen LogP contribution >= 0.6 is 0 Å². The second kappa shape index (κ2) is 8.34. The van der Waals surface area contributed by atoms with Crippen molar-refractivity contribution in [3.8, 4) is 5.88 Å². The third kappa shape index (κ3) is 3.90. The van der Waals surface area contributed by atoms with Crippen molar-refractivity contribution >= 4 is 11.5 Å². The van der Waals surface area contributed by atoms with E-state index < -0.39 is 11.2 Å². The highest BCUT2D eigenvalue weighted by molar-refractivity contribution is 5.45. The van der Waals surface area contributed by atoms with Crippen LogP contribution in [0.5, 0.6) is 5.88 Å². The molecule has 156 valence electrons. The van der Waals surface area contributed by atoms with Crippen molar-refractivity contribution in [3.05, 3.63) is 32.6 Å². The number of H-pyrrole nitrogens is 1. The average Bonchev–Trinajstić information content (AvgIpc) is 3.14. The van der Waals surface area contributed by atoms with Gasteiger partial charge in [0.25, 0.3) is 5.56 Å². The summed E-state index contributed by atoms with van der Waals surface area (Å²) < 4.78 is 2.71. The summed E-state index contributed by atoms with van der Waals surface area (Å²) in [6.45, 7) is 1.84. The maximum Gasteiger partial charge on any atom is 0.334 e. The fourth-order valence-corrected chi connectivity index (χ4v) is 4.59. The van der Waals surface area contributed by atoms with Crippen molar-refractivity contribution in [2.24, 2.45) is 10.2 Å². The van der Waals surface area contributed by atoms with Gasteiger partial charge in [0.15, 0.2) is 5.82 Å². The van der Waals surface area contributed by atoms with E-state index in [1.54, 1.807) is 6.07 Å². The Labute approximate surface area is 168 Å². The predicted octanol–water partition coefficient (Wildman–Crippen LogP) is 4.17. The van der Waals surface area contributed by atoms with Crippen molar-refractivity contribution in [3.63, 3.8) is 0 Å². The molecule has 2 N–H and O–H groups in total. The van der Waals surface area contributed by atoms with E-state index in [9.17, 15) is 14.7 Å². The maximum absolute atomic E-state index is 13.3. The molecule has 9 heteroatoms. The fourth-order valence-electron chi connectivity index (χ4n) is 4.59. The quantitative estimate of drug-likeness (QED) is 0.749. The summed E-state index contributed by atoms with van der Waals surface area (Å²) in [5.41, 5.74) is -0.348. The molecule has 2 aliphatic carbocycles. The zero-order valence-electron chi connectivity index (χ0n) is 16.8. The molecule has 2 heterocycles. The minimum atomic E-state index is -0.567. The zero-order chi connectivity index (χ0) is 20.4. The summed E-state index contributed by atoms with van der Waals surface area (Å²) in [5.74, 6) is -0.0594. The molecular weight excluding hydrogens is 372 g/mol. The van der Waals surface area contributed by atoms with Crippen molar-refractivity contribution < 1.29 is 5.11 Å². The molecule has 4 rings (SSSR count). The summed E-state index contributed by atoms with van der Waals surface area (Å²) in [4.78, 5) is 26.5. The van der Waals surface area contributed by atoms with Crippen LogP contribution in [-0.2, 0) is 0 Å². The topological polar surface area (TPSA) is 118 Å². The fraction of sp³-hybridized carbons (Fsp3) is 0.650. The molecule has 0 spiro atoms. The molecule has 0 radical (unpaired) electrons. The first-order valence-corrected chi connectivity index (χ1v) is 10.6. The van der Waals surface area contributed by atoms with Gasteiger partial charge >= 0.3 is 5.69 Å². The summed E-state index contributed by atoms with van der Waals surface area (Å²) in [5, 5.41) is 25.7. The molecule has 0 aliphatic heterocycles. The maximum atomic E-state index is 13.3. The number of hydrogen-bond acceptors (Lipinski definition) is 6. The van der Waals surface area contributed by atoms with Crippen LogP contribution in [0.1, 0.15) is 82.0 Å². The van der Waals surface area contributed by atoms with Gasteiger partial charge in [0.05, 0.1) is 0 Å². The number of aromatic amines is 1. The molecule has 2 aromatic rings. The highest BCUT2D eigenvalue weighted by Crippen LogP contribution is 2.34. The summed E-state index contributed by atoms with van der Waals surface area (Å²) >= 11 is 0. The van der Waals surface area contributed by atoms with Gasteiger partial charge in [-0.05, 0) is 32.6 Å². The highest BCUT2D eigenvalue weighted by atomic mass is 16.3. The average molecular weight is 400 g/mol. The Balaban J connectivity index is 1.85. The monoisotopic (exact) mass is 400 g/mol. The van der Waals surface area contributed by atoms with Crippen LogP contribution in [0.3, 0.4) is 0 Å². The van der Waals surface area contributed by atoms with Gasteiger partial charge in [0, 0.05) is 23.8 Å². The largest absolute Gasteiger partial charge is 0.493 e. The second-order valence-electron chi connectivity index (χ2n) is 8.19. The molecular formula is C20H28N6O3. The van der Waals surface area contributed by atoms with E-state index in [0.717, 1.165) is 69.9 Å². The van der Waals surface area contributed by atoms with Gasteiger partial charge in [-0.3, -0.25) is 19.0 Å². The number of nitrogens with zero attached hydrogens (tertiary/aromatic N) is 5. The van der Waals surface area contributed by atoms with Crippen LogP contribution in [0.4, 0.5) is 11.5 Å². The van der Waals surface area contributed by atoms with E-state index in [0.29, 0.717) is 5.82 Å². The smallest absolute Gasteiger partial charge is 0.334 e. The number of azo groups is 1. The van der Waals surface area contributed by atoms with E-state index in [2.05, 4.69) is 20.4 Å². The number of nitrogens with one attached hydrogen (secondary N) is 1. The Hall–Kier alpha value is -2.71. The number of aryl methyl sites for hydroxylation is 1. The molecule has 0 unspecified atom stereocenters. The number of aromatic nitrogens is 4. The van der Waals surface area contributed by atoms with Crippen molar-refractivity contribution in [2.75, 3.05) is 0 Å². The van der Waals surface area contributed by atoms with E-state index in [4.69, 9.17) is 0 Å². The minimum absolute atomic E-state index is 0.117. The first-order valence-electron chi connectivity index (χ1n) is 10.6. The molecule has 0 atom stereocenters. The number of hydrogen-bond donors (Lipinski definition) is 2. The van der Waals surface area contributed by atoms with E-state index in [-0.39, 0.29) is 23.7 Å². The van der Waals surface area contributed by atoms with Gasteiger partial charge < -0.3 is 5.11 Å². The van der Waals surface area contributed by atoms with Gasteiger partial charge in [0.1, 0.15) is 0 Å². The van der Waals surface area contributed by atoms with Crippen molar-refractivity contribution in [1.82, 2.24) is 19.3 Å². The molecule has 2 fully saturated rings. The van der Waals surface area contributed by atoms with Gasteiger partial charge in [0.2, 0.25) is 11.6 Å². The van der Waals surface area contributed by atoms with Crippen LogP contribution in [0.2, 0.25) is 0 Å². The second-order valence-corrected chi connectivity index (χ2v) is 8.19. The first kappa shape index (κ1) is 19.6. The van der Waals surface area contributed by atoms with E-state index in [1.165, 1.54) is 9.13 Å². The zero-order valence-corrected chi connectivity index (χ0v) is 16.8. The summed E-state index contributed by atoms with van der Waals surface area (Å²) in [6, 6.07) is 1.42. The Bertz CT molecular complexity index is 1010. The lowest BCUT2D eigenvalue weighted by atomic mass is 9.94. The summed E-state index contributed by atoms with van der Waals surface area (Å²) in [6.07, 6.45) is 9.43. The summed E-state index contributed by atoms with van der Waals surface area (Å²) in [7, 11) is 0. The third-order valence-electron chi connectivity index (χ3n) is 6.10. The van der Waals surface area contributed by atoms with Crippen LogP contribution in [0, 0.1) is 6.92 Å². The van der Waals surface area contributed by atoms with Crippen LogP contribution in [0.25, 0.3) is 0 Å². The van der Waals surface area contributed by atoms with E-state index >= 15 is 0 Å². The standard InChI is InChI=1S/C20H28N6O3/c1-13-12-16(22-21-13)23-24-17-18(27)25(14-8-4-2-5-9-14)20(29)26(19(17)28)15-10-6-3-7-11-15/h12,14-15,27H,2-11H2,1H3,(H,21,22)/b24-23+.